The van der Waals surface area contributed by atoms with Crippen LogP contribution in [0.25, 0.3) is 0 Å². The molecular weight excluding hydrogens is 226 g/mol. The molecule has 2 aliphatic heterocycles. The number of amides is 1. The molecule has 0 aromatic heterocycles. The van der Waals surface area contributed by atoms with Crippen LogP contribution in [0.1, 0.15) is 12.8 Å². The zero-order chi connectivity index (χ0) is 12.4. The second-order valence-electron chi connectivity index (χ2n) is 4.50. The highest BCUT2D eigenvalue weighted by molar-refractivity contribution is 5.82. The number of carbonyl (C=O) groups is 2. The highest BCUT2D eigenvalue weighted by Crippen LogP contribution is 2.22. The highest BCUT2D eigenvalue weighted by atomic mass is 16.5. The molecule has 2 heterocycles. The van der Waals surface area contributed by atoms with Crippen LogP contribution in [0.5, 0.6) is 0 Å². The summed E-state index contributed by atoms with van der Waals surface area (Å²) in [5, 5.41) is 9.03. The number of aliphatic carboxylic acids is 1. The Hall–Kier alpha value is -1.14. The van der Waals surface area contributed by atoms with Gasteiger partial charge in [-0.3, -0.25) is 9.59 Å². The van der Waals surface area contributed by atoms with Crippen LogP contribution in [-0.2, 0) is 19.1 Å². The zero-order valence-corrected chi connectivity index (χ0v) is 9.80. The average molecular weight is 243 g/mol. The number of carboxylic acid groups (broad SMARTS) is 1. The van der Waals surface area contributed by atoms with Crippen molar-refractivity contribution in [2.24, 2.45) is 5.92 Å². The van der Waals surface area contributed by atoms with Gasteiger partial charge in [0.15, 0.2) is 0 Å². The minimum absolute atomic E-state index is 0.135. The summed E-state index contributed by atoms with van der Waals surface area (Å²) in [5.74, 6) is -1.69. The molecule has 2 fully saturated rings. The molecule has 1 N–H and O–H groups in total. The fourth-order valence-corrected chi connectivity index (χ4v) is 2.32. The third-order valence-corrected chi connectivity index (χ3v) is 3.42. The summed E-state index contributed by atoms with van der Waals surface area (Å²) >= 11 is 0. The first-order valence-corrected chi connectivity index (χ1v) is 5.80. The summed E-state index contributed by atoms with van der Waals surface area (Å²) in [6.07, 6.45) is 1.19. The van der Waals surface area contributed by atoms with Gasteiger partial charge in [0.1, 0.15) is 12.0 Å². The number of rotatable bonds is 3. The molecule has 0 radical (unpaired) electrons. The third kappa shape index (κ3) is 2.42. The van der Waals surface area contributed by atoms with Crippen LogP contribution in [0.3, 0.4) is 0 Å². The number of likely N-dealkylation sites (N-methyl/N-ethyl adjacent to an activating group) is 1. The van der Waals surface area contributed by atoms with Crippen molar-refractivity contribution in [1.29, 1.82) is 0 Å². The lowest BCUT2D eigenvalue weighted by molar-refractivity contribution is -0.147. The van der Waals surface area contributed by atoms with Gasteiger partial charge in [-0.1, -0.05) is 0 Å². The summed E-state index contributed by atoms with van der Waals surface area (Å²) in [6.45, 7) is 1.06. The van der Waals surface area contributed by atoms with Gasteiger partial charge in [-0.05, 0) is 12.8 Å². The molecule has 0 aromatic carbocycles. The maximum Gasteiger partial charge on any atom is 0.311 e. The molecule has 0 spiro atoms. The van der Waals surface area contributed by atoms with Crippen molar-refractivity contribution in [3.05, 3.63) is 0 Å². The van der Waals surface area contributed by atoms with Gasteiger partial charge in [-0.25, -0.2) is 0 Å². The quantitative estimate of drug-likeness (QED) is 0.738. The van der Waals surface area contributed by atoms with E-state index in [0.29, 0.717) is 13.0 Å². The van der Waals surface area contributed by atoms with Crippen LogP contribution in [0.15, 0.2) is 0 Å². The molecule has 0 aromatic rings. The van der Waals surface area contributed by atoms with E-state index in [2.05, 4.69) is 0 Å². The van der Waals surface area contributed by atoms with Crippen molar-refractivity contribution in [2.45, 2.75) is 25.0 Å². The topological polar surface area (TPSA) is 76.1 Å². The fraction of sp³-hybridized carbons (Fsp3) is 0.818. The maximum atomic E-state index is 12.1. The molecule has 0 saturated carbocycles. The van der Waals surface area contributed by atoms with Crippen molar-refractivity contribution in [3.8, 4) is 0 Å². The van der Waals surface area contributed by atoms with Crippen LogP contribution >= 0.6 is 0 Å². The summed E-state index contributed by atoms with van der Waals surface area (Å²) < 4.78 is 10.5. The number of carbonyl (C=O) groups excluding carboxylic acids is 1. The van der Waals surface area contributed by atoms with Crippen LogP contribution in [-0.4, -0.2) is 60.9 Å². The number of carboxylic acids is 1. The Kier molecular flexibility index (Phi) is 3.63. The SMILES string of the molecule is CN(C(=O)C1CCCO1)C1COCC1C(=O)O. The summed E-state index contributed by atoms with van der Waals surface area (Å²) in [5.41, 5.74) is 0. The largest absolute Gasteiger partial charge is 0.481 e. The van der Waals surface area contributed by atoms with Gasteiger partial charge in [0.25, 0.3) is 5.91 Å². The summed E-state index contributed by atoms with van der Waals surface area (Å²) in [6, 6.07) is -0.385. The molecule has 6 nitrogen and oxygen atoms in total. The lowest BCUT2D eigenvalue weighted by atomic mass is 10.0. The summed E-state index contributed by atoms with van der Waals surface area (Å²) in [7, 11) is 1.62. The Morgan fingerprint density at radius 1 is 1.35 bits per heavy atom. The van der Waals surface area contributed by atoms with Crippen molar-refractivity contribution in [3.63, 3.8) is 0 Å². The Morgan fingerprint density at radius 2 is 2.12 bits per heavy atom. The van der Waals surface area contributed by atoms with E-state index in [0.717, 1.165) is 6.42 Å². The normalized spacial score (nSPS) is 32.6. The van der Waals surface area contributed by atoms with E-state index >= 15 is 0 Å². The van der Waals surface area contributed by atoms with E-state index in [1.807, 2.05) is 0 Å². The lowest BCUT2D eigenvalue weighted by Gasteiger charge is -2.28. The zero-order valence-electron chi connectivity index (χ0n) is 9.80. The van der Waals surface area contributed by atoms with Crippen molar-refractivity contribution < 1.29 is 24.2 Å². The van der Waals surface area contributed by atoms with Crippen LogP contribution in [0.2, 0.25) is 0 Å². The second-order valence-corrected chi connectivity index (χ2v) is 4.50. The van der Waals surface area contributed by atoms with E-state index in [1.165, 1.54) is 4.90 Å². The van der Waals surface area contributed by atoms with E-state index in [-0.39, 0.29) is 25.2 Å². The molecule has 96 valence electrons. The molecule has 3 atom stereocenters. The minimum Gasteiger partial charge on any atom is -0.481 e. The predicted octanol–water partition coefficient (Wildman–Crippen LogP) is -0.277. The van der Waals surface area contributed by atoms with Gasteiger partial charge in [-0.2, -0.15) is 0 Å². The first-order chi connectivity index (χ1) is 8.11. The molecule has 2 saturated heterocycles. The van der Waals surface area contributed by atoms with Gasteiger partial charge < -0.3 is 19.5 Å². The Morgan fingerprint density at radius 3 is 2.71 bits per heavy atom. The lowest BCUT2D eigenvalue weighted by Crippen LogP contribution is -2.47. The van der Waals surface area contributed by atoms with E-state index < -0.39 is 18.0 Å². The predicted molar refractivity (Wildman–Crippen MR) is 57.5 cm³/mol. The fourth-order valence-electron chi connectivity index (χ4n) is 2.32. The summed E-state index contributed by atoms with van der Waals surface area (Å²) in [4.78, 5) is 24.5. The van der Waals surface area contributed by atoms with E-state index in [1.54, 1.807) is 7.05 Å². The molecule has 2 aliphatic rings. The van der Waals surface area contributed by atoms with Gasteiger partial charge in [0.2, 0.25) is 0 Å². The first-order valence-electron chi connectivity index (χ1n) is 5.80. The Labute approximate surface area is 99.5 Å². The second kappa shape index (κ2) is 5.01. The third-order valence-electron chi connectivity index (χ3n) is 3.42. The number of ether oxygens (including phenoxy) is 2. The van der Waals surface area contributed by atoms with Crippen molar-refractivity contribution in [2.75, 3.05) is 26.9 Å². The van der Waals surface area contributed by atoms with Gasteiger partial charge >= 0.3 is 5.97 Å². The minimum atomic E-state index is -0.917. The van der Waals surface area contributed by atoms with Crippen LogP contribution < -0.4 is 0 Å². The Bertz CT molecular complexity index is 313. The smallest absolute Gasteiger partial charge is 0.311 e. The van der Waals surface area contributed by atoms with Gasteiger partial charge in [0.05, 0.1) is 19.3 Å². The highest BCUT2D eigenvalue weighted by Gasteiger charge is 2.40. The molecule has 17 heavy (non-hydrogen) atoms. The molecule has 6 heteroatoms. The number of nitrogens with zero attached hydrogens (tertiary/aromatic N) is 1. The molecule has 3 unspecified atom stereocenters. The number of hydrogen-bond donors (Lipinski definition) is 1. The van der Waals surface area contributed by atoms with E-state index in [4.69, 9.17) is 14.6 Å². The van der Waals surface area contributed by atoms with Crippen LogP contribution in [0.4, 0.5) is 0 Å². The first kappa shape index (κ1) is 12.3. The van der Waals surface area contributed by atoms with Crippen molar-refractivity contribution >= 4 is 11.9 Å². The van der Waals surface area contributed by atoms with E-state index in [9.17, 15) is 9.59 Å². The van der Waals surface area contributed by atoms with Crippen LogP contribution in [0, 0.1) is 5.92 Å². The Balaban J connectivity index is 2.00. The average Bonchev–Trinajstić information content (AvgIpc) is 2.97. The van der Waals surface area contributed by atoms with Gasteiger partial charge in [-0.15, -0.1) is 0 Å². The standard InChI is InChI=1S/C11H17NO5/c1-12(10(13)9-3-2-4-17-9)8-6-16-5-7(8)11(14)15/h7-9H,2-6H2,1H3,(H,14,15). The molecule has 0 bridgehead atoms. The maximum absolute atomic E-state index is 12.1. The molecule has 1 amide bonds. The molecule has 2 rings (SSSR count). The van der Waals surface area contributed by atoms with Gasteiger partial charge in [0, 0.05) is 13.7 Å². The molecule has 0 aliphatic carbocycles. The van der Waals surface area contributed by atoms with Crippen molar-refractivity contribution in [1.82, 2.24) is 4.90 Å². The molecular formula is C11H17NO5. The monoisotopic (exact) mass is 243 g/mol. The number of hydrogen-bond acceptors (Lipinski definition) is 4.